The lowest BCUT2D eigenvalue weighted by atomic mass is 10.3. The predicted octanol–water partition coefficient (Wildman–Crippen LogP) is 1.19. The minimum absolute atomic E-state index is 0.0399. The summed E-state index contributed by atoms with van der Waals surface area (Å²) < 4.78 is 3.71. The molecule has 29 heavy (non-hydrogen) atoms. The first-order chi connectivity index (χ1) is 14.0. The number of aliphatic imine (C=N–C) groups is 1. The molecule has 0 unspecified atom stereocenters. The van der Waals surface area contributed by atoms with E-state index in [1.165, 1.54) is 5.56 Å². The van der Waals surface area contributed by atoms with E-state index in [4.69, 9.17) is 4.99 Å². The topological polar surface area (TPSA) is 83.1 Å². The van der Waals surface area contributed by atoms with Gasteiger partial charge in [-0.25, -0.2) is 9.98 Å². The number of aryl methyl sites for hydroxylation is 2. The molecule has 0 radical (unpaired) electrons. The molecule has 3 aromatic rings. The molecule has 0 atom stereocenters. The Kier molecular flexibility index (Phi) is 5.20. The molecule has 0 spiro atoms. The van der Waals surface area contributed by atoms with E-state index in [9.17, 15) is 4.79 Å². The van der Waals surface area contributed by atoms with E-state index < -0.39 is 0 Å². The molecule has 4 rings (SSSR count). The molecule has 1 N–H and O–H groups in total. The van der Waals surface area contributed by atoms with Crippen molar-refractivity contribution >= 4 is 23.2 Å². The number of nitrogens with one attached hydrogen (secondary N) is 1. The first kappa shape index (κ1) is 19.0. The van der Waals surface area contributed by atoms with Crippen LogP contribution >= 0.6 is 0 Å². The number of imidazole rings is 1. The summed E-state index contributed by atoms with van der Waals surface area (Å²) >= 11 is 0. The number of nitrogens with zero attached hydrogens (tertiary/aromatic N) is 7. The number of carbonyl (C=O) groups excluding carboxylic acids is 1. The highest BCUT2D eigenvalue weighted by molar-refractivity contribution is 5.98. The predicted molar refractivity (Wildman–Crippen MR) is 112 cm³/mol. The Morgan fingerprint density at radius 2 is 2.17 bits per heavy atom. The number of piperazine rings is 1. The molecule has 9 heteroatoms. The van der Waals surface area contributed by atoms with Gasteiger partial charge in [0, 0.05) is 45.3 Å². The number of aromatic nitrogens is 4. The van der Waals surface area contributed by atoms with Gasteiger partial charge in [-0.2, -0.15) is 5.10 Å². The lowest BCUT2D eigenvalue weighted by Gasteiger charge is -2.35. The molecule has 0 aliphatic carbocycles. The smallest absolute Gasteiger partial charge is 0.246 e. The van der Waals surface area contributed by atoms with Gasteiger partial charge in [0.25, 0.3) is 0 Å². The Labute approximate surface area is 169 Å². The molecule has 0 aromatic carbocycles. The Morgan fingerprint density at radius 1 is 1.31 bits per heavy atom. The summed E-state index contributed by atoms with van der Waals surface area (Å²) in [6.07, 6.45) is 7.58. The van der Waals surface area contributed by atoms with Crippen molar-refractivity contribution in [2.45, 2.75) is 20.4 Å². The number of amides is 1. The van der Waals surface area contributed by atoms with Crippen LogP contribution in [0.25, 0.3) is 5.65 Å². The van der Waals surface area contributed by atoms with Gasteiger partial charge in [-0.3, -0.25) is 9.48 Å². The van der Waals surface area contributed by atoms with Crippen molar-refractivity contribution in [3.8, 4) is 0 Å². The summed E-state index contributed by atoms with van der Waals surface area (Å²) in [6.45, 7) is 6.86. The van der Waals surface area contributed by atoms with Gasteiger partial charge in [-0.15, -0.1) is 0 Å². The number of fused-ring (bicyclic) bond motifs is 1. The number of hydrogen-bond acceptors (Lipinski definition) is 4. The highest BCUT2D eigenvalue weighted by Crippen LogP contribution is 2.16. The van der Waals surface area contributed by atoms with Crippen LogP contribution in [0.5, 0.6) is 0 Å². The lowest BCUT2D eigenvalue weighted by Crippen LogP contribution is -2.55. The average molecular weight is 394 g/mol. The molecule has 9 nitrogen and oxygen atoms in total. The van der Waals surface area contributed by atoms with E-state index >= 15 is 0 Å². The Balaban J connectivity index is 1.47. The number of carbonyl (C=O) groups is 1. The van der Waals surface area contributed by atoms with Crippen molar-refractivity contribution in [3.05, 3.63) is 48.2 Å². The fourth-order valence-corrected chi connectivity index (χ4v) is 3.47. The molecule has 152 valence electrons. The fraction of sp³-hybridized carbons (Fsp3) is 0.400. The zero-order valence-electron chi connectivity index (χ0n) is 17.0. The maximum atomic E-state index is 12.7. The quantitative estimate of drug-likeness (QED) is 0.531. The molecule has 4 heterocycles. The van der Waals surface area contributed by atoms with Crippen molar-refractivity contribution in [3.63, 3.8) is 0 Å². The Bertz CT molecular complexity index is 1050. The third kappa shape index (κ3) is 4.08. The van der Waals surface area contributed by atoms with E-state index in [0.29, 0.717) is 19.6 Å². The lowest BCUT2D eigenvalue weighted by molar-refractivity contribution is -0.120. The van der Waals surface area contributed by atoms with Gasteiger partial charge >= 0.3 is 0 Å². The summed E-state index contributed by atoms with van der Waals surface area (Å²) in [7, 11) is 1.85. The summed E-state index contributed by atoms with van der Waals surface area (Å²) in [6, 6.07) is 4.11. The van der Waals surface area contributed by atoms with Gasteiger partial charge in [-0.1, -0.05) is 0 Å². The zero-order valence-corrected chi connectivity index (χ0v) is 17.0. The molecule has 1 aliphatic heterocycles. The molecule has 1 aliphatic rings. The van der Waals surface area contributed by atoms with Crippen molar-refractivity contribution in [1.29, 1.82) is 0 Å². The molecule has 1 amide bonds. The maximum Gasteiger partial charge on any atom is 0.246 e. The standard InChI is InChI=1S/C20H26N8O/c1-4-21-20(22-10-16-12-26-6-5-15(2)9-18(26)24-16)27-7-8-28(19(29)14-27)17-11-23-25(3)13-17/h5-6,9,11-13H,4,7-8,10,14H2,1-3H3,(H,21,22). The molecule has 0 saturated carbocycles. The number of pyridine rings is 1. The number of anilines is 1. The average Bonchev–Trinajstić information content (AvgIpc) is 3.30. The van der Waals surface area contributed by atoms with Crippen LogP contribution in [0.3, 0.4) is 0 Å². The van der Waals surface area contributed by atoms with E-state index in [2.05, 4.69) is 34.5 Å². The monoisotopic (exact) mass is 394 g/mol. The van der Waals surface area contributed by atoms with E-state index in [1.54, 1.807) is 15.8 Å². The fourth-order valence-electron chi connectivity index (χ4n) is 3.47. The Morgan fingerprint density at radius 3 is 2.90 bits per heavy atom. The van der Waals surface area contributed by atoms with Crippen LogP contribution in [0.15, 0.2) is 41.9 Å². The summed E-state index contributed by atoms with van der Waals surface area (Å²) in [5.74, 6) is 0.776. The van der Waals surface area contributed by atoms with Crippen LogP contribution in [0.2, 0.25) is 0 Å². The second-order valence-electron chi connectivity index (χ2n) is 7.21. The zero-order chi connectivity index (χ0) is 20.4. The first-order valence-corrected chi connectivity index (χ1v) is 9.80. The highest BCUT2D eigenvalue weighted by atomic mass is 16.2. The second-order valence-corrected chi connectivity index (χ2v) is 7.21. The molecule has 0 bridgehead atoms. The maximum absolute atomic E-state index is 12.7. The summed E-state index contributed by atoms with van der Waals surface area (Å²) in [5.41, 5.74) is 3.82. The van der Waals surface area contributed by atoms with Gasteiger partial charge in [0.2, 0.25) is 5.91 Å². The van der Waals surface area contributed by atoms with E-state index in [-0.39, 0.29) is 12.5 Å². The minimum atomic E-state index is 0.0399. The number of rotatable bonds is 4. The number of guanidine groups is 1. The van der Waals surface area contributed by atoms with Crippen molar-refractivity contribution in [1.82, 2.24) is 29.4 Å². The molecule has 1 saturated heterocycles. The minimum Gasteiger partial charge on any atom is -0.356 e. The molecular weight excluding hydrogens is 368 g/mol. The molecular formula is C20H26N8O. The van der Waals surface area contributed by atoms with Gasteiger partial charge in [0.05, 0.1) is 24.1 Å². The largest absolute Gasteiger partial charge is 0.356 e. The van der Waals surface area contributed by atoms with Crippen LogP contribution < -0.4 is 10.2 Å². The van der Waals surface area contributed by atoms with Crippen LogP contribution in [0.1, 0.15) is 18.2 Å². The Hall–Kier alpha value is -3.36. The summed E-state index contributed by atoms with van der Waals surface area (Å²) in [4.78, 5) is 25.8. The molecule has 3 aromatic heterocycles. The van der Waals surface area contributed by atoms with Crippen molar-refractivity contribution in [2.24, 2.45) is 12.0 Å². The van der Waals surface area contributed by atoms with Gasteiger partial charge < -0.3 is 19.5 Å². The van der Waals surface area contributed by atoms with E-state index in [0.717, 1.165) is 29.5 Å². The number of hydrogen-bond donors (Lipinski definition) is 1. The second kappa shape index (κ2) is 7.94. The van der Waals surface area contributed by atoms with Crippen molar-refractivity contribution in [2.75, 3.05) is 31.1 Å². The van der Waals surface area contributed by atoms with Crippen LogP contribution in [0, 0.1) is 6.92 Å². The third-order valence-electron chi connectivity index (χ3n) is 4.91. The highest BCUT2D eigenvalue weighted by Gasteiger charge is 2.27. The van der Waals surface area contributed by atoms with Gasteiger partial charge in [0.1, 0.15) is 12.2 Å². The van der Waals surface area contributed by atoms with Gasteiger partial charge in [0.15, 0.2) is 5.96 Å². The molecule has 1 fully saturated rings. The van der Waals surface area contributed by atoms with Crippen LogP contribution in [-0.2, 0) is 18.4 Å². The SMILES string of the molecule is CCNC(=NCc1cn2ccc(C)cc2n1)N1CCN(c2cnn(C)c2)C(=O)C1. The van der Waals surface area contributed by atoms with Crippen LogP contribution in [-0.4, -0.2) is 62.1 Å². The van der Waals surface area contributed by atoms with E-state index in [1.807, 2.05) is 41.9 Å². The first-order valence-electron chi connectivity index (χ1n) is 9.80. The third-order valence-corrected chi connectivity index (χ3v) is 4.91. The summed E-state index contributed by atoms with van der Waals surface area (Å²) in [5, 5.41) is 7.46. The van der Waals surface area contributed by atoms with Gasteiger partial charge in [-0.05, 0) is 31.5 Å². The normalized spacial score (nSPS) is 15.4. The van der Waals surface area contributed by atoms with Crippen molar-refractivity contribution < 1.29 is 4.79 Å². The van der Waals surface area contributed by atoms with Crippen LogP contribution in [0.4, 0.5) is 5.69 Å².